The van der Waals surface area contributed by atoms with Crippen LogP contribution >= 0.6 is 11.6 Å². The summed E-state index contributed by atoms with van der Waals surface area (Å²) in [6, 6.07) is 7.23. The lowest BCUT2D eigenvalue weighted by Gasteiger charge is -2.11. The molecular weight excluding hydrogens is 280 g/mol. The van der Waals surface area contributed by atoms with E-state index in [1.807, 2.05) is 12.1 Å². The second kappa shape index (κ2) is 6.07. The van der Waals surface area contributed by atoms with Gasteiger partial charge in [-0.05, 0) is 25.0 Å². The standard InChI is InChI=1S/C14H15ClN2O3/c1-9-12(15)16-14(19)17(13(9)18)11-6-4-3-5-10(11)7-8-20-2/h3-6H,7-8H2,1-2H3,(H,16,19). The average molecular weight is 295 g/mol. The van der Waals surface area contributed by atoms with Crippen LogP contribution in [-0.2, 0) is 11.2 Å². The van der Waals surface area contributed by atoms with E-state index in [0.29, 0.717) is 24.3 Å². The molecule has 0 aliphatic carbocycles. The molecule has 0 aliphatic heterocycles. The summed E-state index contributed by atoms with van der Waals surface area (Å²) < 4.78 is 6.15. The number of nitrogens with zero attached hydrogens (tertiary/aromatic N) is 1. The summed E-state index contributed by atoms with van der Waals surface area (Å²) in [5, 5.41) is 0.0747. The Bertz CT molecular complexity index is 734. The van der Waals surface area contributed by atoms with E-state index >= 15 is 0 Å². The van der Waals surface area contributed by atoms with Gasteiger partial charge in [-0.15, -0.1) is 0 Å². The predicted octanol–water partition coefficient (Wildman–Crippen LogP) is 1.68. The van der Waals surface area contributed by atoms with Crippen LogP contribution in [-0.4, -0.2) is 23.3 Å². The van der Waals surface area contributed by atoms with Gasteiger partial charge in [0.1, 0.15) is 5.15 Å². The number of methoxy groups -OCH3 is 1. The molecule has 0 fully saturated rings. The molecule has 0 aliphatic rings. The molecule has 2 aromatic rings. The topological polar surface area (TPSA) is 64.1 Å². The van der Waals surface area contributed by atoms with Crippen LogP contribution in [0.1, 0.15) is 11.1 Å². The van der Waals surface area contributed by atoms with Crippen molar-refractivity contribution in [1.29, 1.82) is 0 Å². The molecule has 0 atom stereocenters. The lowest BCUT2D eigenvalue weighted by atomic mass is 10.1. The summed E-state index contributed by atoms with van der Waals surface area (Å²) in [6.45, 7) is 2.09. The fourth-order valence-electron chi connectivity index (χ4n) is 1.97. The number of rotatable bonds is 4. The van der Waals surface area contributed by atoms with Crippen LogP contribution in [0.25, 0.3) is 5.69 Å². The van der Waals surface area contributed by atoms with E-state index in [-0.39, 0.29) is 5.15 Å². The molecule has 1 aromatic carbocycles. The highest BCUT2D eigenvalue weighted by Gasteiger charge is 2.13. The Hall–Kier alpha value is -1.85. The predicted molar refractivity (Wildman–Crippen MR) is 78.0 cm³/mol. The minimum Gasteiger partial charge on any atom is -0.384 e. The van der Waals surface area contributed by atoms with Gasteiger partial charge in [0.05, 0.1) is 17.9 Å². The Labute approximate surface area is 120 Å². The van der Waals surface area contributed by atoms with Crippen LogP contribution in [0.4, 0.5) is 0 Å². The van der Waals surface area contributed by atoms with Crippen molar-refractivity contribution in [1.82, 2.24) is 9.55 Å². The van der Waals surface area contributed by atoms with Gasteiger partial charge in [-0.1, -0.05) is 29.8 Å². The third kappa shape index (κ3) is 2.69. The zero-order valence-corrected chi connectivity index (χ0v) is 12.0. The summed E-state index contributed by atoms with van der Waals surface area (Å²) in [4.78, 5) is 26.8. The van der Waals surface area contributed by atoms with E-state index in [4.69, 9.17) is 16.3 Å². The first-order valence-electron chi connectivity index (χ1n) is 6.15. The second-order valence-electron chi connectivity index (χ2n) is 4.38. The van der Waals surface area contributed by atoms with Gasteiger partial charge in [-0.2, -0.15) is 0 Å². The van der Waals surface area contributed by atoms with Crippen LogP contribution in [0.2, 0.25) is 5.15 Å². The van der Waals surface area contributed by atoms with Gasteiger partial charge in [0.15, 0.2) is 0 Å². The summed E-state index contributed by atoms with van der Waals surface area (Å²) >= 11 is 5.81. The Balaban J connectivity index is 2.67. The first kappa shape index (κ1) is 14.6. The van der Waals surface area contributed by atoms with Gasteiger partial charge in [0.2, 0.25) is 0 Å². The van der Waals surface area contributed by atoms with Crippen LogP contribution in [0.15, 0.2) is 33.9 Å². The highest BCUT2D eigenvalue weighted by molar-refractivity contribution is 6.30. The molecule has 1 aromatic heterocycles. The average Bonchev–Trinajstić information content (AvgIpc) is 2.44. The number of aromatic nitrogens is 2. The first-order chi connectivity index (χ1) is 9.56. The minimum absolute atomic E-state index is 0.0747. The van der Waals surface area contributed by atoms with Crippen molar-refractivity contribution < 1.29 is 4.74 Å². The number of aromatic amines is 1. The molecule has 1 heterocycles. The zero-order valence-electron chi connectivity index (χ0n) is 11.3. The van der Waals surface area contributed by atoms with E-state index in [2.05, 4.69) is 4.98 Å². The summed E-state index contributed by atoms with van der Waals surface area (Å²) in [7, 11) is 1.61. The number of halogens is 1. The van der Waals surface area contributed by atoms with Crippen molar-refractivity contribution in [3.8, 4) is 5.69 Å². The van der Waals surface area contributed by atoms with Gasteiger partial charge >= 0.3 is 5.69 Å². The number of nitrogens with one attached hydrogen (secondary N) is 1. The van der Waals surface area contributed by atoms with Crippen LogP contribution < -0.4 is 11.2 Å². The fraction of sp³-hybridized carbons (Fsp3) is 0.286. The largest absolute Gasteiger partial charge is 0.384 e. The third-order valence-corrected chi connectivity index (χ3v) is 3.46. The molecule has 0 unspecified atom stereocenters. The molecule has 0 bridgehead atoms. The lowest BCUT2D eigenvalue weighted by molar-refractivity contribution is 0.202. The number of ether oxygens (including phenoxy) is 1. The molecule has 5 nitrogen and oxygen atoms in total. The smallest absolute Gasteiger partial charge is 0.334 e. The summed E-state index contributed by atoms with van der Waals surface area (Å²) in [5.41, 5.74) is 0.770. The van der Waals surface area contributed by atoms with E-state index in [1.54, 1.807) is 26.2 Å². The quantitative estimate of drug-likeness (QED) is 0.873. The van der Waals surface area contributed by atoms with Crippen molar-refractivity contribution in [2.45, 2.75) is 13.3 Å². The van der Waals surface area contributed by atoms with Crippen molar-refractivity contribution >= 4 is 11.6 Å². The molecule has 2 rings (SSSR count). The van der Waals surface area contributed by atoms with Gasteiger partial charge in [0.25, 0.3) is 5.56 Å². The molecule has 1 N–H and O–H groups in total. The second-order valence-corrected chi connectivity index (χ2v) is 4.76. The molecule has 0 amide bonds. The maximum atomic E-state index is 12.3. The Kier molecular flexibility index (Phi) is 4.42. The molecule has 0 radical (unpaired) electrons. The maximum Gasteiger partial charge on any atom is 0.334 e. The van der Waals surface area contributed by atoms with E-state index < -0.39 is 11.2 Å². The zero-order chi connectivity index (χ0) is 14.7. The monoisotopic (exact) mass is 294 g/mol. The van der Waals surface area contributed by atoms with E-state index in [9.17, 15) is 9.59 Å². The minimum atomic E-state index is -0.546. The van der Waals surface area contributed by atoms with Gasteiger partial charge < -0.3 is 4.74 Å². The number of H-pyrrole nitrogens is 1. The van der Waals surface area contributed by atoms with Crippen molar-refractivity contribution in [3.05, 3.63) is 61.4 Å². The summed E-state index contributed by atoms with van der Waals surface area (Å²) in [5.74, 6) is 0. The SMILES string of the molecule is COCCc1ccccc1-n1c(=O)[nH]c(Cl)c(C)c1=O. The van der Waals surface area contributed by atoms with E-state index in [1.165, 1.54) is 0 Å². The Morgan fingerprint density at radius 3 is 2.70 bits per heavy atom. The number of hydrogen-bond donors (Lipinski definition) is 1. The number of para-hydroxylation sites is 1. The Morgan fingerprint density at radius 2 is 2.00 bits per heavy atom. The van der Waals surface area contributed by atoms with Gasteiger partial charge in [-0.25, -0.2) is 9.36 Å². The number of benzene rings is 1. The normalized spacial score (nSPS) is 10.8. The molecule has 6 heteroatoms. The van der Waals surface area contributed by atoms with Crippen molar-refractivity contribution in [2.75, 3.05) is 13.7 Å². The maximum absolute atomic E-state index is 12.3. The van der Waals surface area contributed by atoms with Crippen LogP contribution in [0, 0.1) is 6.92 Å². The molecule has 0 saturated carbocycles. The molecule has 106 valence electrons. The lowest BCUT2D eigenvalue weighted by Crippen LogP contribution is -2.35. The summed E-state index contributed by atoms with van der Waals surface area (Å²) in [6.07, 6.45) is 0.611. The van der Waals surface area contributed by atoms with Crippen molar-refractivity contribution in [2.24, 2.45) is 0 Å². The van der Waals surface area contributed by atoms with Crippen LogP contribution in [0.5, 0.6) is 0 Å². The molecular formula is C14H15ClN2O3. The molecule has 20 heavy (non-hydrogen) atoms. The van der Waals surface area contributed by atoms with E-state index in [0.717, 1.165) is 10.1 Å². The molecule has 0 spiro atoms. The molecule has 0 saturated heterocycles. The number of hydrogen-bond acceptors (Lipinski definition) is 3. The first-order valence-corrected chi connectivity index (χ1v) is 6.52. The Morgan fingerprint density at radius 1 is 1.30 bits per heavy atom. The van der Waals surface area contributed by atoms with Gasteiger partial charge in [-0.3, -0.25) is 9.78 Å². The highest BCUT2D eigenvalue weighted by atomic mass is 35.5. The fourth-order valence-corrected chi connectivity index (χ4v) is 2.13. The van der Waals surface area contributed by atoms with Crippen LogP contribution in [0.3, 0.4) is 0 Å². The highest BCUT2D eigenvalue weighted by Crippen LogP contribution is 2.13. The van der Waals surface area contributed by atoms with Crippen molar-refractivity contribution in [3.63, 3.8) is 0 Å². The third-order valence-electron chi connectivity index (χ3n) is 3.08. The van der Waals surface area contributed by atoms with Gasteiger partial charge in [0, 0.05) is 7.11 Å².